The van der Waals surface area contributed by atoms with E-state index in [1.807, 2.05) is 25.4 Å². The lowest BCUT2D eigenvalue weighted by Gasteiger charge is -2.63. The van der Waals surface area contributed by atoms with Crippen LogP contribution in [0.1, 0.15) is 84.1 Å². The summed E-state index contributed by atoms with van der Waals surface area (Å²) in [7, 11) is 1.89. The number of H-pyrrole nitrogens is 1. The summed E-state index contributed by atoms with van der Waals surface area (Å²) < 4.78 is 0. The van der Waals surface area contributed by atoms with Crippen molar-refractivity contribution in [3.8, 4) is 0 Å². The smallest absolute Gasteiger partial charge is 0.303 e. The van der Waals surface area contributed by atoms with Crippen molar-refractivity contribution in [1.82, 2.24) is 15.2 Å². The van der Waals surface area contributed by atoms with Crippen LogP contribution in [0.15, 0.2) is 30.5 Å². The van der Waals surface area contributed by atoms with Gasteiger partial charge in [0, 0.05) is 36.6 Å². The Labute approximate surface area is 257 Å². The summed E-state index contributed by atoms with van der Waals surface area (Å²) in [6, 6.07) is 8.00. The lowest BCUT2D eigenvalue weighted by molar-refractivity contribution is -0.176. The Morgan fingerprint density at radius 2 is 1.88 bits per heavy atom. The molecule has 1 amide bonds. The van der Waals surface area contributed by atoms with Crippen molar-refractivity contribution in [2.45, 2.75) is 97.1 Å². The summed E-state index contributed by atoms with van der Waals surface area (Å²) in [6.45, 7) is 8.85. The Bertz CT molecular complexity index is 1320. The normalized spacial score (nSPS) is 36.9. The van der Waals surface area contributed by atoms with Crippen LogP contribution in [-0.2, 0) is 16.0 Å². The van der Waals surface area contributed by atoms with Gasteiger partial charge in [-0.15, -0.1) is 0 Å². The molecule has 2 aromatic rings. The van der Waals surface area contributed by atoms with Gasteiger partial charge in [-0.2, -0.15) is 0 Å². The number of piperidine rings is 1. The fraction of sp³-hybridized carbons (Fsp3) is 0.722. The summed E-state index contributed by atoms with van der Waals surface area (Å²) in [5.41, 5.74) is 2.65. The van der Waals surface area contributed by atoms with Crippen molar-refractivity contribution in [3.63, 3.8) is 0 Å². The van der Waals surface area contributed by atoms with Gasteiger partial charge in [-0.1, -0.05) is 39.0 Å². The molecule has 4 N–H and O–H groups in total. The van der Waals surface area contributed by atoms with Crippen LogP contribution in [0.5, 0.6) is 0 Å². The minimum atomic E-state index is -0.695. The number of aromatic amines is 1. The van der Waals surface area contributed by atoms with E-state index in [1.54, 1.807) is 0 Å². The number of aromatic nitrogens is 1. The molecule has 1 aromatic carbocycles. The molecule has 4 fully saturated rings. The number of likely N-dealkylation sites (tertiary alicyclic amines) is 1. The number of aliphatic hydroxyl groups is 1. The topological polar surface area (TPSA) is 106 Å². The molecule has 1 saturated heterocycles. The Morgan fingerprint density at radius 1 is 1.12 bits per heavy atom. The lowest BCUT2D eigenvalue weighted by atomic mass is 9.44. The van der Waals surface area contributed by atoms with Gasteiger partial charge in [-0.3, -0.25) is 9.59 Å². The molecule has 0 radical (unpaired) electrons. The number of hydrogen-bond donors (Lipinski definition) is 4. The summed E-state index contributed by atoms with van der Waals surface area (Å²) >= 11 is 0. The Morgan fingerprint density at radius 3 is 2.65 bits per heavy atom. The zero-order valence-electron chi connectivity index (χ0n) is 26.6. The first kappa shape index (κ1) is 30.6. The maximum atomic E-state index is 13.9. The number of aliphatic hydroxyl groups excluding tert-OH is 1. The molecular formula is C36H53N3O4. The summed E-state index contributed by atoms with van der Waals surface area (Å²) in [4.78, 5) is 30.4. The number of amides is 1. The molecule has 10 atom stereocenters. The molecule has 2 heterocycles. The highest BCUT2D eigenvalue weighted by Gasteiger charge is 2.63. The number of likely N-dealkylation sites (N-methyl/N-ethyl adjacent to an activating group) is 1. The minimum Gasteiger partial charge on any atom is -0.481 e. The largest absolute Gasteiger partial charge is 0.481 e. The number of nitrogens with zero attached hydrogens (tertiary/aromatic N) is 1. The quantitative estimate of drug-likeness (QED) is 0.292. The third kappa shape index (κ3) is 5.32. The van der Waals surface area contributed by atoms with E-state index < -0.39 is 5.97 Å². The van der Waals surface area contributed by atoms with Crippen LogP contribution in [0.3, 0.4) is 0 Å². The number of carbonyl (C=O) groups is 2. The summed E-state index contributed by atoms with van der Waals surface area (Å²) in [6.07, 6.45) is 10.9. The second-order valence-electron chi connectivity index (χ2n) is 15.2. The fourth-order valence-corrected chi connectivity index (χ4v) is 10.9. The SMILES string of the molecule is CN[C@@H](Cc1c[nH]c2ccccc12)C(=O)N1CC[C@@]2(C)[C@H](C[C@H](O)[C@@H]3[C@@H]2CC[C@]2(C)[C@@H]([C@H](C)CCCC(=O)O)CC[C@@H]32)C1. The third-order valence-electron chi connectivity index (χ3n) is 13.3. The van der Waals surface area contributed by atoms with Crippen molar-refractivity contribution < 1.29 is 19.8 Å². The van der Waals surface area contributed by atoms with Gasteiger partial charge in [0.2, 0.25) is 5.91 Å². The van der Waals surface area contributed by atoms with E-state index in [-0.39, 0.29) is 35.3 Å². The molecule has 0 spiro atoms. The van der Waals surface area contributed by atoms with E-state index >= 15 is 0 Å². The van der Waals surface area contributed by atoms with Gasteiger partial charge < -0.3 is 25.4 Å². The summed E-state index contributed by atoms with van der Waals surface area (Å²) in [5.74, 6) is 2.32. The van der Waals surface area contributed by atoms with Gasteiger partial charge in [0.1, 0.15) is 0 Å². The van der Waals surface area contributed by atoms with Gasteiger partial charge in [0.05, 0.1) is 12.1 Å². The maximum Gasteiger partial charge on any atom is 0.303 e. The Hall–Kier alpha value is -2.38. The van der Waals surface area contributed by atoms with Crippen LogP contribution < -0.4 is 5.32 Å². The van der Waals surface area contributed by atoms with Crippen molar-refractivity contribution in [3.05, 3.63) is 36.0 Å². The molecule has 4 aliphatic rings. The van der Waals surface area contributed by atoms with Crippen molar-refractivity contribution in [2.75, 3.05) is 20.1 Å². The number of fused-ring (bicyclic) bond motifs is 6. The zero-order valence-corrected chi connectivity index (χ0v) is 26.6. The number of benzene rings is 1. The molecule has 0 unspecified atom stereocenters. The first-order chi connectivity index (χ1) is 20.6. The average molecular weight is 592 g/mol. The molecule has 236 valence electrons. The van der Waals surface area contributed by atoms with E-state index in [1.165, 1.54) is 24.6 Å². The van der Waals surface area contributed by atoms with E-state index in [4.69, 9.17) is 5.11 Å². The standard InChI is InChI=1S/C36H53N3O4/c1-22(8-7-11-32(41)42)26-12-13-27-33-28(14-15-36(26,27)3)35(2)16-17-39(21-24(35)19-31(33)40)34(43)30(37-4)18-23-20-38-29-10-6-5-9-25(23)29/h5-6,9-10,20,22,24,26-28,30-31,33,37-38,40H,7-8,11-19,21H2,1-4H3,(H,41,42)/t22-,24-,26-,27+,28+,30+,31+,33+,35+,36-/m1/s1. The maximum absolute atomic E-state index is 13.9. The Kier molecular flexibility index (Phi) is 8.44. The van der Waals surface area contributed by atoms with Crippen molar-refractivity contribution >= 4 is 22.8 Å². The number of rotatable bonds is 9. The average Bonchev–Trinajstić information content (AvgIpc) is 3.56. The third-order valence-corrected chi connectivity index (χ3v) is 13.3. The number of nitrogens with one attached hydrogen (secondary N) is 2. The van der Waals surface area contributed by atoms with Crippen molar-refractivity contribution in [2.24, 2.45) is 46.3 Å². The molecule has 7 nitrogen and oxygen atoms in total. The minimum absolute atomic E-state index is 0.152. The molecule has 0 bridgehead atoms. The van der Waals surface area contributed by atoms with Gasteiger partial charge >= 0.3 is 5.97 Å². The second-order valence-corrected chi connectivity index (χ2v) is 15.2. The summed E-state index contributed by atoms with van der Waals surface area (Å²) in [5, 5.41) is 25.4. The Balaban J connectivity index is 1.13. The number of carboxylic acid groups (broad SMARTS) is 1. The molecule has 1 aromatic heterocycles. The van der Waals surface area contributed by atoms with Gasteiger partial charge in [0.25, 0.3) is 0 Å². The molecule has 1 aliphatic heterocycles. The fourth-order valence-electron chi connectivity index (χ4n) is 10.9. The monoisotopic (exact) mass is 591 g/mol. The lowest BCUT2D eigenvalue weighted by Crippen LogP contribution is -2.62. The number of carbonyl (C=O) groups excluding carboxylic acids is 1. The number of hydrogen-bond acceptors (Lipinski definition) is 4. The van der Waals surface area contributed by atoms with E-state index in [9.17, 15) is 14.7 Å². The van der Waals surface area contributed by atoms with Crippen LogP contribution in [0.2, 0.25) is 0 Å². The number of aliphatic carboxylic acids is 1. The van der Waals surface area contributed by atoms with Gasteiger partial charge in [0.15, 0.2) is 0 Å². The highest BCUT2D eigenvalue weighted by Crippen LogP contribution is 2.67. The van der Waals surface area contributed by atoms with Crippen LogP contribution in [0, 0.1) is 46.3 Å². The molecule has 3 aliphatic carbocycles. The first-order valence-corrected chi connectivity index (χ1v) is 17.0. The molecule has 7 heteroatoms. The number of carboxylic acids is 1. The van der Waals surface area contributed by atoms with Crippen molar-refractivity contribution in [1.29, 1.82) is 0 Å². The van der Waals surface area contributed by atoms with Gasteiger partial charge in [-0.25, -0.2) is 0 Å². The first-order valence-electron chi connectivity index (χ1n) is 17.0. The second kappa shape index (κ2) is 11.8. The van der Waals surface area contributed by atoms with Crippen LogP contribution in [-0.4, -0.2) is 64.3 Å². The molecular weight excluding hydrogens is 538 g/mol. The highest BCUT2D eigenvalue weighted by molar-refractivity contribution is 5.86. The molecule has 6 rings (SSSR count). The van der Waals surface area contributed by atoms with E-state index in [0.29, 0.717) is 41.9 Å². The van der Waals surface area contributed by atoms with Gasteiger partial charge in [-0.05, 0) is 123 Å². The van der Waals surface area contributed by atoms with Crippen LogP contribution in [0.4, 0.5) is 0 Å². The van der Waals surface area contributed by atoms with E-state index in [0.717, 1.165) is 56.3 Å². The van der Waals surface area contributed by atoms with Crippen LogP contribution in [0.25, 0.3) is 10.9 Å². The zero-order chi connectivity index (χ0) is 30.5. The predicted octanol–water partition coefficient (Wildman–Crippen LogP) is 5.87. The highest BCUT2D eigenvalue weighted by atomic mass is 16.4. The molecule has 3 saturated carbocycles. The number of para-hydroxylation sites is 1. The van der Waals surface area contributed by atoms with E-state index in [2.05, 4.69) is 48.1 Å². The van der Waals surface area contributed by atoms with Crippen LogP contribution >= 0.6 is 0 Å². The molecule has 43 heavy (non-hydrogen) atoms. The predicted molar refractivity (Wildman–Crippen MR) is 169 cm³/mol.